The number of phenols is 1. The molecule has 1 unspecified atom stereocenters. The fourth-order valence-corrected chi connectivity index (χ4v) is 5.38. The third kappa shape index (κ3) is 4.72. The van der Waals surface area contributed by atoms with E-state index in [9.17, 15) is 15.0 Å². The predicted molar refractivity (Wildman–Crippen MR) is 115 cm³/mol. The number of aliphatic hydroxyl groups is 1. The van der Waals surface area contributed by atoms with Crippen molar-refractivity contribution in [1.29, 1.82) is 0 Å². The topological polar surface area (TPSA) is 96.4 Å². The summed E-state index contributed by atoms with van der Waals surface area (Å²) in [5.74, 6) is 1.31. The molecular formula is C24H33N2O5+. The number of rotatable bonds is 7. The van der Waals surface area contributed by atoms with Crippen molar-refractivity contribution >= 4 is 5.91 Å². The zero-order chi connectivity index (χ0) is 21.8. The van der Waals surface area contributed by atoms with Crippen LogP contribution in [-0.2, 0) is 11.3 Å². The summed E-state index contributed by atoms with van der Waals surface area (Å²) >= 11 is 0. The third-order valence-electron chi connectivity index (χ3n) is 6.86. The Morgan fingerprint density at radius 2 is 2.19 bits per heavy atom. The smallest absolute Gasteiger partial charge is 0.275 e. The molecule has 1 saturated carbocycles. The highest BCUT2D eigenvalue weighted by atomic mass is 16.5. The molecular weight excluding hydrogens is 396 g/mol. The Balaban J connectivity index is 1.57. The highest BCUT2D eigenvalue weighted by Gasteiger charge is 2.52. The molecule has 0 bridgehead atoms. The van der Waals surface area contributed by atoms with Gasteiger partial charge in [0.1, 0.15) is 11.8 Å². The number of hydrogen-bond acceptors (Lipinski definition) is 5. The molecule has 2 aromatic rings. The van der Waals surface area contributed by atoms with Crippen LogP contribution in [0.4, 0.5) is 0 Å². The summed E-state index contributed by atoms with van der Waals surface area (Å²) in [7, 11) is 0. The van der Waals surface area contributed by atoms with Crippen LogP contribution in [0.2, 0.25) is 0 Å². The lowest BCUT2D eigenvalue weighted by molar-refractivity contribution is -0.937. The van der Waals surface area contributed by atoms with Gasteiger partial charge in [0.25, 0.3) is 5.91 Å². The first-order valence-electron chi connectivity index (χ1n) is 11.3. The van der Waals surface area contributed by atoms with Gasteiger partial charge in [0, 0.05) is 17.9 Å². The maximum Gasteiger partial charge on any atom is 0.275 e. The fourth-order valence-electron chi connectivity index (χ4n) is 5.38. The van der Waals surface area contributed by atoms with Gasteiger partial charge in [-0.3, -0.25) is 4.79 Å². The summed E-state index contributed by atoms with van der Waals surface area (Å²) < 4.78 is 10.9. The molecule has 4 N–H and O–H groups in total. The fraction of sp³-hybridized carbons (Fsp3) is 0.542. The van der Waals surface area contributed by atoms with Gasteiger partial charge in [-0.05, 0) is 50.1 Å². The molecule has 0 spiro atoms. The molecule has 2 aliphatic rings. The van der Waals surface area contributed by atoms with E-state index in [0.717, 1.165) is 48.5 Å². The zero-order valence-corrected chi connectivity index (χ0v) is 18.1. The van der Waals surface area contributed by atoms with Gasteiger partial charge >= 0.3 is 0 Å². The van der Waals surface area contributed by atoms with E-state index in [1.165, 1.54) is 0 Å². The normalized spacial score (nSPS) is 28.0. The zero-order valence-electron chi connectivity index (χ0n) is 18.1. The lowest BCUT2D eigenvalue weighted by Crippen LogP contribution is -3.16. The average molecular weight is 430 g/mol. The number of benzene rings is 1. The Kier molecular flexibility index (Phi) is 6.53. The van der Waals surface area contributed by atoms with Crippen molar-refractivity contribution < 1.29 is 29.1 Å². The van der Waals surface area contributed by atoms with E-state index in [4.69, 9.17) is 9.15 Å². The van der Waals surface area contributed by atoms with Gasteiger partial charge in [-0.25, -0.2) is 0 Å². The van der Waals surface area contributed by atoms with E-state index in [0.29, 0.717) is 31.9 Å². The van der Waals surface area contributed by atoms with Crippen LogP contribution in [0.1, 0.15) is 56.4 Å². The Bertz CT molecular complexity index is 884. The van der Waals surface area contributed by atoms with Crippen molar-refractivity contribution in [2.75, 3.05) is 19.7 Å². The van der Waals surface area contributed by atoms with E-state index in [-0.39, 0.29) is 23.6 Å². The van der Waals surface area contributed by atoms with Gasteiger partial charge in [-0.15, -0.1) is 0 Å². The first kappa shape index (κ1) is 21.7. The molecule has 0 radical (unpaired) electrons. The van der Waals surface area contributed by atoms with Crippen molar-refractivity contribution in [2.24, 2.45) is 5.92 Å². The number of aromatic hydroxyl groups is 1. The summed E-state index contributed by atoms with van der Waals surface area (Å²) in [5, 5.41) is 24.5. The van der Waals surface area contributed by atoms with Crippen LogP contribution in [0.3, 0.4) is 0 Å². The van der Waals surface area contributed by atoms with Crippen molar-refractivity contribution in [1.82, 2.24) is 5.32 Å². The van der Waals surface area contributed by atoms with Crippen molar-refractivity contribution in [3.05, 3.63) is 47.9 Å². The van der Waals surface area contributed by atoms with Crippen LogP contribution in [0.15, 0.2) is 41.0 Å². The van der Waals surface area contributed by atoms with Gasteiger partial charge in [-0.2, -0.15) is 0 Å². The molecule has 31 heavy (non-hydrogen) atoms. The van der Waals surface area contributed by atoms with Crippen LogP contribution in [-0.4, -0.2) is 41.4 Å². The van der Waals surface area contributed by atoms with E-state index in [1.807, 2.05) is 25.1 Å². The molecule has 7 nitrogen and oxygen atoms in total. The number of fused-ring (bicyclic) bond motifs is 1. The third-order valence-corrected chi connectivity index (χ3v) is 6.86. The average Bonchev–Trinajstić information content (AvgIpc) is 3.28. The van der Waals surface area contributed by atoms with Crippen molar-refractivity contribution in [3.63, 3.8) is 0 Å². The second kappa shape index (κ2) is 9.32. The molecule has 1 amide bonds. The van der Waals surface area contributed by atoms with Gasteiger partial charge in [0.15, 0.2) is 18.0 Å². The molecule has 1 aromatic heterocycles. The van der Waals surface area contributed by atoms with Crippen LogP contribution in [0.25, 0.3) is 0 Å². The van der Waals surface area contributed by atoms with Crippen LogP contribution in [0, 0.1) is 5.92 Å². The Labute approximate surface area is 183 Å². The number of furan rings is 1. The standard InChI is InChI=1S/C24H32N2O5/c1-2-30-21-14-17(8-9-20(21)27)23-19-7-3-4-10-24(19,29)11-12-26(23)16-22(28)25-15-18-6-5-13-31-18/h5-6,8-9,13-14,19,23,27,29H,2-4,7,10-12,15-16H2,1H3,(H,25,28)/p+1/t19-,23+,24+/m0/s1. The maximum atomic E-state index is 12.7. The summed E-state index contributed by atoms with van der Waals surface area (Å²) in [4.78, 5) is 13.9. The molecule has 1 saturated heterocycles. The second-order valence-electron chi connectivity index (χ2n) is 8.78. The number of amides is 1. The lowest BCUT2D eigenvalue weighted by Gasteiger charge is -2.50. The molecule has 2 fully saturated rings. The maximum absolute atomic E-state index is 12.7. The number of ether oxygens (including phenoxy) is 1. The first-order chi connectivity index (χ1) is 15.0. The number of carbonyl (C=O) groups is 1. The summed E-state index contributed by atoms with van der Waals surface area (Å²) in [5.41, 5.74) is 0.306. The summed E-state index contributed by atoms with van der Waals surface area (Å²) in [6, 6.07) is 9.05. The number of carbonyl (C=O) groups excluding carboxylic acids is 1. The van der Waals surface area contributed by atoms with Crippen LogP contribution in [0.5, 0.6) is 11.5 Å². The SMILES string of the molecule is CCOc1cc([C@@H]2[C@@H]3CCCC[C@@]3(O)CC[NH+]2CC(=O)NCc2ccco2)ccc1O. The molecule has 1 aliphatic carbocycles. The minimum absolute atomic E-state index is 0.0341. The molecule has 1 aromatic carbocycles. The van der Waals surface area contributed by atoms with E-state index < -0.39 is 5.60 Å². The minimum Gasteiger partial charge on any atom is -0.504 e. The minimum atomic E-state index is -0.694. The Morgan fingerprint density at radius 1 is 1.32 bits per heavy atom. The van der Waals surface area contributed by atoms with Crippen molar-refractivity contribution in [3.8, 4) is 11.5 Å². The van der Waals surface area contributed by atoms with Gasteiger partial charge in [0.2, 0.25) is 0 Å². The molecule has 7 heteroatoms. The second-order valence-corrected chi connectivity index (χ2v) is 8.78. The molecule has 4 rings (SSSR count). The number of nitrogens with one attached hydrogen (secondary N) is 2. The number of phenolic OH excluding ortho intramolecular Hbond substituents is 1. The Hall–Kier alpha value is -2.51. The van der Waals surface area contributed by atoms with Crippen molar-refractivity contribution in [2.45, 2.75) is 57.2 Å². The van der Waals surface area contributed by atoms with E-state index in [2.05, 4.69) is 5.32 Å². The predicted octanol–water partition coefficient (Wildman–Crippen LogP) is 1.95. The number of piperidine rings is 1. The van der Waals surface area contributed by atoms with Gasteiger partial charge in [0.05, 0.1) is 31.6 Å². The number of likely N-dealkylation sites (tertiary alicyclic amines) is 1. The molecule has 1 aliphatic heterocycles. The van der Waals surface area contributed by atoms with Crippen LogP contribution >= 0.6 is 0 Å². The number of hydrogen-bond donors (Lipinski definition) is 4. The Morgan fingerprint density at radius 3 is 2.97 bits per heavy atom. The van der Waals surface area contributed by atoms with Gasteiger partial charge in [-0.1, -0.05) is 12.8 Å². The van der Waals surface area contributed by atoms with Gasteiger partial charge < -0.3 is 29.6 Å². The van der Waals surface area contributed by atoms with Crippen LogP contribution < -0.4 is 15.0 Å². The largest absolute Gasteiger partial charge is 0.504 e. The molecule has 4 atom stereocenters. The summed E-state index contributed by atoms with van der Waals surface area (Å²) in [6.45, 7) is 3.75. The van der Waals surface area contributed by atoms with E-state index >= 15 is 0 Å². The number of quaternary nitrogens is 1. The van der Waals surface area contributed by atoms with E-state index in [1.54, 1.807) is 18.4 Å². The summed E-state index contributed by atoms with van der Waals surface area (Å²) in [6.07, 6.45) is 6.16. The first-order valence-corrected chi connectivity index (χ1v) is 11.3. The highest BCUT2D eigenvalue weighted by Crippen LogP contribution is 2.45. The molecule has 168 valence electrons. The highest BCUT2D eigenvalue weighted by molar-refractivity contribution is 5.76. The quantitative estimate of drug-likeness (QED) is 0.540. The molecule has 2 heterocycles. The lowest BCUT2D eigenvalue weighted by atomic mass is 9.66. The monoisotopic (exact) mass is 429 g/mol.